The summed E-state index contributed by atoms with van der Waals surface area (Å²) in [6, 6.07) is 12.6. The van der Waals surface area contributed by atoms with Gasteiger partial charge in [-0.25, -0.2) is 24.7 Å². The predicted molar refractivity (Wildman–Crippen MR) is 275 cm³/mol. The number of rotatable bonds is 17. The highest BCUT2D eigenvalue weighted by Crippen LogP contribution is 2.41. The van der Waals surface area contributed by atoms with E-state index in [0.29, 0.717) is 75.7 Å². The number of carbonyl (C=O) groups is 1. The number of amides is 1. The molecule has 1 saturated heterocycles. The van der Waals surface area contributed by atoms with Crippen molar-refractivity contribution in [3.63, 3.8) is 0 Å². The summed E-state index contributed by atoms with van der Waals surface area (Å²) in [6.07, 6.45) is 3.85. The number of likely N-dealkylation sites (tertiary alicyclic amines) is 1. The highest BCUT2D eigenvalue weighted by atomic mass is 35.5. The van der Waals surface area contributed by atoms with Gasteiger partial charge in [-0.05, 0) is 118 Å². The van der Waals surface area contributed by atoms with Crippen LogP contribution >= 0.6 is 11.6 Å². The first-order valence-electron chi connectivity index (χ1n) is 23.9. The number of halogens is 1. The van der Waals surface area contributed by atoms with Gasteiger partial charge in [-0.15, -0.1) is 0 Å². The number of aryl methyl sites for hydroxylation is 4. The number of nitrogen functional groups attached to an aromatic ring is 1. The molecule has 2 unspecified atom stereocenters. The fourth-order valence-corrected chi connectivity index (χ4v) is 8.15. The minimum atomic E-state index is -0.628. The molecule has 21 heteroatoms. The van der Waals surface area contributed by atoms with Gasteiger partial charge in [-0.1, -0.05) is 34.0 Å². The van der Waals surface area contributed by atoms with Crippen LogP contribution in [-0.2, 0) is 4.74 Å². The molecule has 4 aromatic heterocycles. The van der Waals surface area contributed by atoms with Crippen molar-refractivity contribution in [1.82, 2.24) is 45.8 Å². The minimum absolute atomic E-state index is 0.0463. The quantitative estimate of drug-likeness (QED) is 0.0496. The van der Waals surface area contributed by atoms with Gasteiger partial charge < -0.3 is 65.2 Å². The summed E-state index contributed by atoms with van der Waals surface area (Å²) in [5.74, 6) is 4.41. The molecule has 2 aliphatic rings. The Bertz CT molecular complexity index is 2720. The molecular weight excluding hydrogens is 946 g/mol. The van der Waals surface area contributed by atoms with Crippen LogP contribution in [0.3, 0.4) is 0 Å². The summed E-state index contributed by atoms with van der Waals surface area (Å²) in [6.45, 7) is 14.2. The summed E-state index contributed by atoms with van der Waals surface area (Å²) in [5.41, 5.74) is 13.3. The number of piperidine rings is 1. The maximum absolute atomic E-state index is 10.9. The average molecular weight is 1010 g/mol. The molecule has 2 atom stereocenters. The molecule has 20 nitrogen and oxygen atoms in total. The summed E-state index contributed by atoms with van der Waals surface area (Å²) in [5, 5.41) is 47.4. The molecule has 1 saturated carbocycles. The van der Waals surface area contributed by atoms with Crippen molar-refractivity contribution < 1.29 is 43.4 Å². The Morgan fingerprint density at radius 3 is 1.89 bits per heavy atom. The fourth-order valence-electron chi connectivity index (χ4n) is 7.95. The number of nitrogens with two attached hydrogens (primary N) is 1. The second kappa shape index (κ2) is 25.3. The van der Waals surface area contributed by atoms with Crippen LogP contribution in [0.2, 0.25) is 5.02 Å². The first kappa shape index (κ1) is 54.9. The van der Waals surface area contributed by atoms with Gasteiger partial charge in [0.1, 0.15) is 60.1 Å². The van der Waals surface area contributed by atoms with Crippen molar-refractivity contribution in [2.24, 2.45) is 0 Å². The highest BCUT2D eigenvalue weighted by Gasteiger charge is 2.43. The van der Waals surface area contributed by atoms with Gasteiger partial charge in [0.05, 0.1) is 58.2 Å². The zero-order chi connectivity index (χ0) is 52.1. The van der Waals surface area contributed by atoms with E-state index in [-0.39, 0.29) is 31.5 Å². The Kier molecular flexibility index (Phi) is 19.3. The molecule has 0 bridgehead atoms. The standard InChI is InChI=1S/C24H31N5O4.C20H24ClN5O3.C7H13NO2/c1-14-21(20-15(2)29-33-16(20)3)26-23(27-22(14)28-24(13-30)8-9-24)17-6-5-7-19(10-17)32-12-18(31)11-25-4;1-10-18(17-11(2)26-29-12(17)3)24-20(25-19(10)22)15-7-14(5-6-16(15)21)28-9-13(27)8-23-4;1-10-7(9)8-5-3-2-4-6-8/h5-7,10,18,25,30-31H,8-9,11-13H2,1-4H3,(H,26,27,28);5-7,13,23,27H,8-9H2,1-4H3,(H2,22,24,25);2-6H2,1H3. The fraction of sp³-hybridized carbons (Fsp3) is 0.471. The SMILES string of the molecule is CNCC(O)COc1ccc(Cl)c(-c2nc(N)c(C)c(-c3c(C)noc3C)n2)c1.CNCC(O)COc1cccc(-c2nc(NC3(CO)CC3)c(C)c(-c3c(C)noc3C)n2)c1.COC(=O)N1CCCCC1. The molecule has 72 heavy (non-hydrogen) atoms. The van der Waals surface area contributed by atoms with Gasteiger partial charge >= 0.3 is 6.09 Å². The summed E-state index contributed by atoms with van der Waals surface area (Å²) >= 11 is 6.41. The van der Waals surface area contributed by atoms with Crippen LogP contribution in [0.5, 0.6) is 11.5 Å². The van der Waals surface area contributed by atoms with Crippen LogP contribution in [0.15, 0.2) is 51.5 Å². The lowest BCUT2D eigenvalue weighted by Gasteiger charge is -2.24. The van der Waals surface area contributed by atoms with Crippen molar-refractivity contribution in [3.8, 4) is 56.8 Å². The van der Waals surface area contributed by atoms with E-state index in [2.05, 4.69) is 36.0 Å². The largest absolute Gasteiger partial charge is 0.491 e. The van der Waals surface area contributed by atoms with Gasteiger partial charge in [0.2, 0.25) is 0 Å². The van der Waals surface area contributed by atoms with Gasteiger partial charge in [-0.2, -0.15) is 0 Å². The summed E-state index contributed by atoms with van der Waals surface area (Å²) in [7, 11) is 4.97. The maximum atomic E-state index is 10.9. The monoisotopic (exact) mass is 1010 g/mol. The smallest absolute Gasteiger partial charge is 0.409 e. The van der Waals surface area contributed by atoms with Crippen molar-refractivity contribution in [1.29, 1.82) is 0 Å². The number of aromatic nitrogens is 6. The van der Waals surface area contributed by atoms with Crippen molar-refractivity contribution in [3.05, 3.63) is 81.5 Å². The number of methoxy groups -OCH3 is 1. The Morgan fingerprint density at radius 1 is 0.792 bits per heavy atom. The third kappa shape index (κ3) is 14.0. The summed E-state index contributed by atoms with van der Waals surface area (Å²) in [4.78, 5) is 31.4. The van der Waals surface area contributed by atoms with Crippen LogP contribution in [-0.4, -0.2) is 142 Å². The lowest BCUT2D eigenvalue weighted by Crippen LogP contribution is -2.35. The zero-order valence-corrected chi connectivity index (χ0v) is 43.3. The predicted octanol–water partition coefficient (Wildman–Crippen LogP) is 6.78. The van der Waals surface area contributed by atoms with E-state index in [9.17, 15) is 20.1 Å². The number of carbonyl (C=O) groups excluding carboxylic acids is 1. The lowest BCUT2D eigenvalue weighted by atomic mass is 10.0. The number of benzene rings is 2. The molecule has 2 aromatic carbocycles. The van der Waals surface area contributed by atoms with Gasteiger partial charge in [0.25, 0.3) is 0 Å². The van der Waals surface area contributed by atoms with E-state index in [1.807, 2.05) is 65.8 Å². The van der Waals surface area contributed by atoms with Crippen LogP contribution in [0.4, 0.5) is 16.4 Å². The van der Waals surface area contributed by atoms with E-state index < -0.39 is 12.2 Å². The molecule has 5 heterocycles. The lowest BCUT2D eigenvalue weighted by molar-refractivity contribution is 0.108. The molecule has 1 amide bonds. The molecule has 0 spiro atoms. The van der Waals surface area contributed by atoms with Crippen molar-refractivity contribution >= 4 is 29.3 Å². The minimum Gasteiger partial charge on any atom is -0.491 e. The number of ether oxygens (including phenoxy) is 3. The topological polar surface area (TPSA) is 274 Å². The zero-order valence-electron chi connectivity index (χ0n) is 42.6. The third-order valence-corrected chi connectivity index (χ3v) is 12.6. The van der Waals surface area contributed by atoms with E-state index in [4.69, 9.17) is 50.8 Å². The second-order valence-electron chi connectivity index (χ2n) is 18.0. The molecule has 6 aromatic rings. The molecular formula is C51H68ClN11O9. The van der Waals surface area contributed by atoms with Gasteiger partial charge in [-0.3, -0.25) is 0 Å². The number of hydrogen-bond acceptors (Lipinski definition) is 19. The van der Waals surface area contributed by atoms with Crippen LogP contribution in [0, 0.1) is 41.5 Å². The number of nitrogens with one attached hydrogen (secondary N) is 3. The molecule has 0 radical (unpaired) electrons. The number of hydrogen-bond donors (Lipinski definition) is 7. The van der Waals surface area contributed by atoms with Crippen LogP contribution < -0.4 is 31.2 Å². The Balaban J connectivity index is 0.000000199. The number of aliphatic hydroxyl groups is 3. The first-order valence-corrected chi connectivity index (χ1v) is 24.3. The van der Waals surface area contributed by atoms with Crippen LogP contribution in [0.1, 0.15) is 66.1 Å². The van der Waals surface area contributed by atoms with Crippen molar-refractivity contribution in [2.75, 3.05) is 78.3 Å². The summed E-state index contributed by atoms with van der Waals surface area (Å²) < 4.78 is 26.7. The van der Waals surface area contributed by atoms with Gasteiger partial charge in [0, 0.05) is 48.4 Å². The highest BCUT2D eigenvalue weighted by molar-refractivity contribution is 6.33. The second-order valence-corrected chi connectivity index (χ2v) is 18.4. The Labute approximate surface area is 425 Å². The molecule has 1 aliphatic carbocycles. The number of likely N-dealkylation sites (N-methyl/N-ethyl adjacent to an activating group) is 2. The number of aliphatic hydroxyl groups excluding tert-OH is 3. The van der Waals surface area contributed by atoms with E-state index in [1.165, 1.54) is 13.5 Å². The number of nitrogens with zero attached hydrogens (tertiary/aromatic N) is 7. The molecule has 8 rings (SSSR count). The molecule has 2 fully saturated rings. The van der Waals surface area contributed by atoms with Gasteiger partial charge in [0.15, 0.2) is 11.6 Å². The first-order chi connectivity index (χ1) is 34.5. The molecule has 8 N–H and O–H groups in total. The maximum Gasteiger partial charge on any atom is 0.409 e. The van der Waals surface area contributed by atoms with E-state index in [1.54, 1.807) is 37.2 Å². The van der Waals surface area contributed by atoms with Crippen LogP contribution in [0.25, 0.3) is 45.3 Å². The normalized spacial score (nSPS) is 14.5. The average Bonchev–Trinajstić information content (AvgIpc) is 3.97. The number of anilines is 2. The Hall–Kier alpha value is -6.42. The Morgan fingerprint density at radius 2 is 1.36 bits per heavy atom. The third-order valence-electron chi connectivity index (χ3n) is 12.2. The van der Waals surface area contributed by atoms with E-state index >= 15 is 0 Å². The van der Waals surface area contributed by atoms with E-state index in [0.717, 1.165) is 83.7 Å². The molecule has 388 valence electrons. The molecule has 1 aliphatic heterocycles. The van der Waals surface area contributed by atoms with Crippen molar-refractivity contribution in [2.45, 2.75) is 91.4 Å².